The van der Waals surface area contributed by atoms with Crippen molar-refractivity contribution in [3.63, 3.8) is 0 Å². The Hall–Kier alpha value is -1.35. The molecule has 1 aliphatic rings. The molecule has 0 spiro atoms. The van der Waals surface area contributed by atoms with Crippen LogP contribution in [0, 0.1) is 6.92 Å². The summed E-state index contributed by atoms with van der Waals surface area (Å²) in [7, 11) is 0. The van der Waals surface area contributed by atoms with E-state index < -0.39 is 0 Å². The zero-order chi connectivity index (χ0) is 11.4. The van der Waals surface area contributed by atoms with Gasteiger partial charge in [-0.2, -0.15) is 0 Å². The average molecular weight is 218 g/mol. The number of aryl methyl sites for hydroxylation is 1. The fraction of sp³-hybridized carbons (Fsp3) is 0.462. The van der Waals surface area contributed by atoms with E-state index in [1.54, 1.807) is 0 Å². The highest BCUT2D eigenvalue weighted by Gasteiger charge is 2.15. The largest absolute Gasteiger partial charge is 0.343 e. The van der Waals surface area contributed by atoms with E-state index >= 15 is 0 Å². The van der Waals surface area contributed by atoms with Gasteiger partial charge in [0.05, 0.1) is 0 Å². The molecule has 0 aliphatic carbocycles. The molecule has 1 amide bonds. The molecule has 2 rings (SSSR count). The molecule has 0 N–H and O–H groups in total. The quantitative estimate of drug-likeness (QED) is 0.713. The Morgan fingerprint density at radius 1 is 1.19 bits per heavy atom. The van der Waals surface area contributed by atoms with Gasteiger partial charge in [0.2, 0.25) is 6.41 Å². The minimum absolute atomic E-state index is 0.857. The molecule has 1 aromatic carbocycles. The molecule has 1 saturated heterocycles. The van der Waals surface area contributed by atoms with Crippen molar-refractivity contribution in [2.24, 2.45) is 0 Å². The van der Waals surface area contributed by atoms with Crippen molar-refractivity contribution in [3.05, 3.63) is 35.4 Å². The second kappa shape index (κ2) is 5.12. The number of carbonyl (C=O) groups is 1. The third kappa shape index (κ3) is 2.61. The van der Waals surface area contributed by atoms with E-state index in [9.17, 15) is 4.79 Å². The van der Waals surface area contributed by atoms with Crippen LogP contribution in [0.2, 0.25) is 0 Å². The standard InChI is InChI=1S/C13H18N2O/c1-12-4-2-3-5-13(12)10-14-6-8-15(11-16)9-7-14/h2-5,11H,6-10H2,1H3. The van der Waals surface area contributed by atoms with Crippen LogP contribution >= 0.6 is 0 Å². The number of amides is 1. The second-order valence-corrected chi connectivity index (χ2v) is 4.34. The molecule has 86 valence electrons. The monoisotopic (exact) mass is 218 g/mol. The van der Waals surface area contributed by atoms with Gasteiger partial charge in [0.25, 0.3) is 0 Å². The third-order valence-corrected chi connectivity index (χ3v) is 3.21. The maximum atomic E-state index is 10.6. The van der Waals surface area contributed by atoms with Crippen LogP contribution in [0.3, 0.4) is 0 Å². The fourth-order valence-electron chi connectivity index (χ4n) is 2.06. The SMILES string of the molecule is Cc1ccccc1CN1CCN(C=O)CC1. The maximum Gasteiger partial charge on any atom is 0.209 e. The molecule has 1 heterocycles. The van der Waals surface area contributed by atoms with Crippen LogP contribution in [0.5, 0.6) is 0 Å². The van der Waals surface area contributed by atoms with Crippen LogP contribution in [0.15, 0.2) is 24.3 Å². The lowest BCUT2D eigenvalue weighted by atomic mass is 10.1. The Kier molecular flexibility index (Phi) is 3.57. The lowest BCUT2D eigenvalue weighted by Crippen LogP contribution is -2.45. The number of hydrogen-bond acceptors (Lipinski definition) is 2. The Balaban J connectivity index is 1.92. The van der Waals surface area contributed by atoms with E-state index in [-0.39, 0.29) is 0 Å². The van der Waals surface area contributed by atoms with Gasteiger partial charge in [0.15, 0.2) is 0 Å². The number of nitrogens with zero attached hydrogens (tertiary/aromatic N) is 2. The van der Waals surface area contributed by atoms with Crippen molar-refractivity contribution in [2.75, 3.05) is 26.2 Å². The molecule has 0 unspecified atom stereocenters. The summed E-state index contributed by atoms with van der Waals surface area (Å²) in [6, 6.07) is 8.49. The number of carbonyl (C=O) groups excluding carboxylic acids is 1. The first kappa shape index (κ1) is 11.1. The molecule has 0 atom stereocenters. The summed E-state index contributed by atoms with van der Waals surface area (Å²) in [6.45, 7) is 6.82. The van der Waals surface area contributed by atoms with E-state index in [1.165, 1.54) is 11.1 Å². The first-order valence-electron chi connectivity index (χ1n) is 5.76. The summed E-state index contributed by atoms with van der Waals surface area (Å²) in [5, 5.41) is 0. The smallest absolute Gasteiger partial charge is 0.209 e. The van der Waals surface area contributed by atoms with Crippen molar-refractivity contribution in [1.29, 1.82) is 0 Å². The molecular weight excluding hydrogens is 200 g/mol. The molecular formula is C13H18N2O. The normalized spacial score (nSPS) is 17.4. The van der Waals surface area contributed by atoms with Gasteiger partial charge in [-0.3, -0.25) is 9.69 Å². The van der Waals surface area contributed by atoms with Gasteiger partial charge in [0, 0.05) is 32.7 Å². The molecule has 0 bridgehead atoms. The van der Waals surface area contributed by atoms with E-state index in [0.29, 0.717) is 0 Å². The van der Waals surface area contributed by atoms with Crippen molar-refractivity contribution < 1.29 is 4.79 Å². The van der Waals surface area contributed by atoms with Gasteiger partial charge >= 0.3 is 0 Å². The first-order chi connectivity index (χ1) is 7.79. The summed E-state index contributed by atoms with van der Waals surface area (Å²) < 4.78 is 0. The van der Waals surface area contributed by atoms with Crippen LogP contribution in [-0.2, 0) is 11.3 Å². The highest BCUT2D eigenvalue weighted by Crippen LogP contribution is 2.11. The van der Waals surface area contributed by atoms with Crippen LogP contribution in [-0.4, -0.2) is 42.4 Å². The van der Waals surface area contributed by atoms with E-state index in [2.05, 4.69) is 36.1 Å². The minimum atomic E-state index is 0.857. The van der Waals surface area contributed by atoms with Gasteiger partial charge in [-0.1, -0.05) is 24.3 Å². The highest BCUT2D eigenvalue weighted by molar-refractivity contribution is 5.47. The van der Waals surface area contributed by atoms with Gasteiger partial charge in [-0.15, -0.1) is 0 Å². The summed E-state index contributed by atoms with van der Waals surface area (Å²) in [4.78, 5) is 14.8. The first-order valence-corrected chi connectivity index (χ1v) is 5.76. The molecule has 16 heavy (non-hydrogen) atoms. The second-order valence-electron chi connectivity index (χ2n) is 4.34. The lowest BCUT2D eigenvalue weighted by Gasteiger charge is -2.32. The average Bonchev–Trinajstić information content (AvgIpc) is 2.33. The van der Waals surface area contributed by atoms with E-state index in [0.717, 1.165) is 39.1 Å². The van der Waals surface area contributed by atoms with Crippen LogP contribution in [0.1, 0.15) is 11.1 Å². The Morgan fingerprint density at radius 3 is 2.50 bits per heavy atom. The molecule has 1 aromatic rings. The highest BCUT2D eigenvalue weighted by atomic mass is 16.1. The Morgan fingerprint density at radius 2 is 1.88 bits per heavy atom. The Labute approximate surface area is 96.7 Å². The van der Waals surface area contributed by atoms with Gasteiger partial charge in [-0.05, 0) is 18.1 Å². The van der Waals surface area contributed by atoms with Crippen molar-refractivity contribution in [3.8, 4) is 0 Å². The van der Waals surface area contributed by atoms with Crippen LogP contribution < -0.4 is 0 Å². The summed E-state index contributed by atoms with van der Waals surface area (Å²) in [6.07, 6.45) is 0.950. The van der Waals surface area contributed by atoms with Gasteiger partial charge in [-0.25, -0.2) is 0 Å². The lowest BCUT2D eigenvalue weighted by molar-refractivity contribution is -0.119. The van der Waals surface area contributed by atoms with Crippen LogP contribution in [0.25, 0.3) is 0 Å². The summed E-state index contributed by atoms with van der Waals surface area (Å²) in [5.41, 5.74) is 2.74. The molecule has 0 radical (unpaired) electrons. The predicted molar refractivity (Wildman–Crippen MR) is 64.1 cm³/mol. The number of rotatable bonds is 3. The minimum Gasteiger partial charge on any atom is -0.343 e. The maximum absolute atomic E-state index is 10.6. The molecule has 1 aliphatic heterocycles. The zero-order valence-electron chi connectivity index (χ0n) is 9.72. The van der Waals surface area contributed by atoms with E-state index in [1.807, 2.05) is 4.90 Å². The summed E-state index contributed by atoms with van der Waals surface area (Å²) >= 11 is 0. The third-order valence-electron chi connectivity index (χ3n) is 3.21. The van der Waals surface area contributed by atoms with Gasteiger partial charge in [0.1, 0.15) is 0 Å². The van der Waals surface area contributed by atoms with Crippen LogP contribution in [0.4, 0.5) is 0 Å². The number of benzene rings is 1. The van der Waals surface area contributed by atoms with Crippen molar-refractivity contribution in [2.45, 2.75) is 13.5 Å². The van der Waals surface area contributed by atoms with Crippen molar-refractivity contribution in [1.82, 2.24) is 9.80 Å². The Bertz CT molecular complexity index is 357. The molecule has 0 aromatic heterocycles. The fourth-order valence-corrected chi connectivity index (χ4v) is 2.06. The topological polar surface area (TPSA) is 23.6 Å². The van der Waals surface area contributed by atoms with Crippen molar-refractivity contribution >= 4 is 6.41 Å². The zero-order valence-corrected chi connectivity index (χ0v) is 9.72. The number of piperazine rings is 1. The van der Waals surface area contributed by atoms with E-state index in [4.69, 9.17) is 0 Å². The molecule has 3 nitrogen and oxygen atoms in total. The predicted octanol–water partition coefficient (Wildman–Crippen LogP) is 1.27. The number of hydrogen-bond donors (Lipinski definition) is 0. The molecule has 1 fully saturated rings. The summed E-state index contributed by atoms with van der Waals surface area (Å²) in [5.74, 6) is 0. The van der Waals surface area contributed by atoms with Gasteiger partial charge < -0.3 is 4.90 Å². The molecule has 3 heteroatoms. The molecule has 0 saturated carbocycles.